The highest BCUT2D eigenvalue weighted by Crippen LogP contribution is 2.27. The van der Waals surface area contributed by atoms with Crippen molar-refractivity contribution in [1.82, 2.24) is 0 Å². The molecule has 20 heavy (non-hydrogen) atoms. The molecule has 0 radical (unpaired) electrons. The van der Waals surface area contributed by atoms with Crippen molar-refractivity contribution in [2.75, 3.05) is 33.5 Å². The van der Waals surface area contributed by atoms with Crippen LogP contribution in [0.3, 0.4) is 0 Å². The first-order valence-corrected chi connectivity index (χ1v) is 8.31. The molecule has 1 aromatic carbocycles. The highest BCUT2D eigenvalue weighted by atomic mass is 79.9. The maximum absolute atomic E-state index is 11.2. The Bertz CT molecular complexity index is 521. The van der Waals surface area contributed by atoms with E-state index >= 15 is 0 Å². The molecule has 2 N–H and O–H groups in total. The molecule has 0 fully saturated rings. The van der Waals surface area contributed by atoms with Crippen molar-refractivity contribution < 1.29 is 22.6 Å². The number of benzene rings is 1. The maximum Gasteiger partial charge on any atom is 0.238 e. The zero-order valence-electron chi connectivity index (χ0n) is 11.2. The Morgan fingerprint density at radius 3 is 2.55 bits per heavy atom. The fourth-order valence-electron chi connectivity index (χ4n) is 1.36. The number of sulfonamides is 1. The van der Waals surface area contributed by atoms with E-state index in [-0.39, 0.29) is 4.90 Å². The van der Waals surface area contributed by atoms with Crippen LogP contribution in [0.2, 0.25) is 0 Å². The second-order valence-electron chi connectivity index (χ2n) is 3.94. The number of ether oxygens (including phenoxy) is 3. The van der Waals surface area contributed by atoms with Crippen molar-refractivity contribution >= 4 is 26.0 Å². The van der Waals surface area contributed by atoms with Crippen LogP contribution in [0.4, 0.5) is 0 Å². The Kier molecular flexibility index (Phi) is 7.46. The summed E-state index contributed by atoms with van der Waals surface area (Å²) in [5.74, 6) is 0.564. The molecule has 114 valence electrons. The van der Waals surface area contributed by atoms with Gasteiger partial charge in [-0.05, 0) is 34.1 Å². The monoisotopic (exact) mass is 367 g/mol. The van der Waals surface area contributed by atoms with Gasteiger partial charge in [0.25, 0.3) is 0 Å². The summed E-state index contributed by atoms with van der Waals surface area (Å²) in [6.45, 7) is 2.18. The maximum atomic E-state index is 11.2. The van der Waals surface area contributed by atoms with E-state index in [2.05, 4.69) is 15.9 Å². The SMILES string of the molecule is COCCOCCCOc1ccc(S(N)(=O)=O)cc1Br. The van der Waals surface area contributed by atoms with E-state index in [1.165, 1.54) is 12.1 Å². The quantitative estimate of drug-likeness (QED) is 0.668. The van der Waals surface area contributed by atoms with Crippen LogP contribution in [0.1, 0.15) is 6.42 Å². The predicted octanol–water partition coefficient (Wildman–Crippen LogP) is 1.53. The molecule has 0 bridgehead atoms. The van der Waals surface area contributed by atoms with E-state index in [0.29, 0.717) is 36.6 Å². The molecule has 0 unspecified atom stereocenters. The molecule has 0 spiro atoms. The molecule has 1 aromatic rings. The summed E-state index contributed by atoms with van der Waals surface area (Å²) in [7, 11) is -2.08. The second kappa shape index (κ2) is 8.58. The summed E-state index contributed by atoms with van der Waals surface area (Å²) in [6, 6.07) is 4.39. The van der Waals surface area contributed by atoms with Crippen LogP contribution in [0.25, 0.3) is 0 Å². The van der Waals surface area contributed by atoms with E-state index in [0.717, 1.165) is 6.42 Å². The van der Waals surface area contributed by atoms with Crippen LogP contribution in [0.5, 0.6) is 5.75 Å². The van der Waals surface area contributed by atoms with Crippen molar-refractivity contribution in [3.63, 3.8) is 0 Å². The van der Waals surface area contributed by atoms with Gasteiger partial charge in [0.2, 0.25) is 10.0 Å². The molecular weight excluding hydrogens is 350 g/mol. The number of methoxy groups -OCH3 is 1. The first-order valence-electron chi connectivity index (χ1n) is 5.97. The molecular formula is C12H18BrNO5S. The lowest BCUT2D eigenvalue weighted by Crippen LogP contribution is -2.12. The van der Waals surface area contributed by atoms with E-state index in [1.807, 2.05) is 0 Å². The normalized spacial score (nSPS) is 11.6. The van der Waals surface area contributed by atoms with Gasteiger partial charge in [-0.3, -0.25) is 0 Å². The summed E-state index contributed by atoms with van der Waals surface area (Å²) in [5, 5.41) is 5.04. The zero-order valence-corrected chi connectivity index (χ0v) is 13.6. The number of hydrogen-bond acceptors (Lipinski definition) is 5. The van der Waals surface area contributed by atoms with Gasteiger partial charge in [-0.1, -0.05) is 0 Å². The van der Waals surface area contributed by atoms with Gasteiger partial charge in [-0.15, -0.1) is 0 Å². The second-order valence-corrected chi connectivity index (χ2v) is 6.36. The molecule has 0 saturated heterocycles. The molecule has 0 aromatic heterocycles. The molecule has 0 aliphatic heterocycles. The standard InChI is InChI=1S/C12H18BrNO5S/c1-17-7-8-18-5-2-6-19-12-4-3-10(9-11(12)13)20(14,15)16/h3-4,9H,2,5-8H2,1H3,(H2,14,15,16). The van der Waals surface area contributed by atoms with E-state index in [1.54, 1.807) is 13.2 Å². The van der Waals surface area contributed by atoms with Gasteiger partial charge in [0.1, 0.15) is 5.75 Å². The molecule has 0 heterocycles. The minimum absolute atomic E-state index is 0.0413. The summed E-state index contributed by atoms with van der Waals surface area (Å²) >= 11 is 3.25. The van der Waals surface area contributed by atoms with Crippen LogP contribution in [-0.2, 0) is 19.5 Å². The van der Waals surface area contributed by atoms with Gasteiger partial charge >= 0.3 is 0 Å². The molecule has 1 rings (SSSR count). The topological polar surface area (TPSA) is 87.8 Å². The van der Waals surface area contributed by atoms with E-state index < -0.39 is 10.0 Å². The van der Waals surface area contributed by atoms with Gasteiger partial charge in [0, 0.05) is 20.1 Å². The molecule has 0 saturated carbocycles. The third kappa shape index (κ3) is 6.19. The minimum Gasteiger partial charge on any atom is -0.492 e. The lowest BCUT2D eigenvalue weighted by molar-refractivity contribution is 0.0644. The van der Waals surface area contributed by atoms with E-state index in [9.17, 15) is 8.42 Å². The van der Waals surface area contributed by atoms with Crippen LogP contribution < -0.4 is 9.88 Å². The average molecular weight is 368 g/mol. The number of rotatable bonds is 9. The lowest BCUT2D eigenvalue weighted by Gasteiger charge is -2.09. The van der Waals surface area contributed by atoms with Crippen molar-refractivity contribution in [3.05, 3.63) is 22.7 Å². The lowest BCUT2D eigenvalue weighted by atomic mass is 10.3. The first kappa shape index (κ1) is 17.4. The smallest absolute Gasteiger partial charge is 0.238 e. The van der Waals surface area contributed by atoms with Crippen LogP contribution in [0, 0.1) is 0 Å². The molecule has 6 nitrogen and oxygen atoms in total. The molecule has 0 amide bonds. The zero-order chi connectivity index (χ0) is 15.0. The van der Waals surface area contributed by atoms with Crippen molar-refractivity contribution in [1.29, 1.82) is 0 Å². The van der Waals surface area contributed by atoms with Crippen molar-refractivity contribution in [2.24, 2.45) is 5.14 Å². The molecule has 0 aliphatic rings. The Morgan fingerprint density at radius 1 is 1.20 bits per heavy atom. The first-order chi connectivity index (χ1) is 9.45. The van der Waals surface area contributed by atoms with Crippen molar-refractivity contribution in [3.8, 4) is 5.75 Å². The third-order valence-corrected chi connectivity index (χ3v) is 3.88. The average Bonchev–Trinajstić information content (AvgIpc) is 2.38. The van der Waals surface area contributed by atoms with Gasteiger partial charge in [-0.2, -0.15) is 0 Å². The Hall–Kier alpha value is -0.670. The van der Waals surface area contributed by atoms with Crippen LogP contribution in [-0.4, -0.2) is 42.0 Å². The summed E-state index contributed by atoms with van der Waals surface area (Å²) in [6.07, 6.45) is 0.729. The van der Waals surface area contributed by atoms with Crippen LogP contribution >= 0.6 is 15.9 Å². The Labute approximate surface area is 127 Å². The summed E-state index contributed by atoms with van der Waals surface area (Å²) in [5.41, 5.74) is 0. The highest BCUT2D eigenvalue weighted by Gasteiger charge is 2.10. The molecule has 0 atom stereocenters. The van der Waals surface area contributed by atoms with Gasteiger partial charge in [0.15, 0.2) is 0 Å². The largest absolute Gasteiger partial charge is 0.492 e. The number of halogens is 1. The summed E-state index contributed by atoms with van der Waals surface area (Å²) < 4.78 is 38.5. The summed E-state index contributed by atoms with van der Waals surface area (Å²) in [4.78, 5) is 0.0413. The third-order valence-electron chi connectivity index (χ3n) is 2.35. The molecule has 8 heteroatoms. The van der Waals surface area contributed by atoms with Gasteiger partial charge in [0.05, 0.1) is 29.2 Å². The van der Waals surface area contributed by atoms with Crippen molar-refractivity contribution in [2.45, 2.75) is 11.3 Å². The fourth-order valence-corrected chi connectivity index (χ4v) is 2.55. The number of hydrogen-bond donors (Lipinski definition) is 1. The van der Waals surface area contributed by atoms with E-state index in [4.69, 9.17) is 19.3 Å². The fraction of sp³-hybridized carbons (Fsp3) is 0.500. The Balaban J connectivity index is 2.38. The highest BCUT2D eigenvalue weighted by molar-refractivity contribution is 9.10. The molecule has 0 aliphatic carbocycles. The number of primary sulfonamides is 1. The van der Waals surface area contributed by atoms with Crippen LogP contribution in [0.15, 0.2) is 27.6 Å². The van der Waals surface area contributed by atoms with Gasteiger partial charge < -0.3 is 14.2 Å². The van der Waals surface area contributed by atoms with Gasteiger partial charge in [-0.25, -0.2) is 13.6 Å². The Morgan fingerprint density at radius 2 is 1.95 bits per heavy atom. The predicted molar refractivity (Wildman–Crippen MR) is 78.3 cm³/mol. The minimum atomic E-state index is -3.70. The number of nitrogens with two attached hydrogens (primary N) is 1.